The summed E-state index contributed by atoms with van der Waals surface area (Å²) in [6, 6.07) is 7.99. The number of carboxylic acid groups (broad SMARTS) is 1. The molecule has 2 aromatic carbocycles. The van der Waals surface area contributed by atoms with Crippen LogP contribution in [0.25, 0.3) is 10.9 Å². The van der Waals surface area contributed by atoms with Crippen molar-refractivity contribution in [3.63, 3.8) is 0 Å². The van der Waals surface area contributed by atoms with Crippen LogP contribution in [0, 0.1) is 18.2 Å². The molecular weight excluding hydrogens is 631 g/mol. The molecule has 0 radical (unpaired) electrons. The van der Waals surface area contributed by atoms with Gasteiger partial charge in [0.25, 0.3) is 0 Å². The maximum Gasteiger partial charge on any atom is 0.408 e. The van der Waals surface area contributed by atoms with Crippen molar-refractivity contribution in [2.45, 2.75) is 82.8 Å². The highest BCUT2D eigenvalue weighted by atomic mass is 19.1. The number of terminal acetylenes is 1. The van der Waals surface area contributed by atoms with Crippen LogP contribution in [0.2, 0.25) is 0 Å². The number of fused-ring (bicyclic) bond motifs is 5. The zero-order valence-corrected chi connectivity index (χ0v) is 27.8. The second kappa shape index (κ2) is 15.0. The molecule has 258 valence electrons. The zero-order chi connectivity index (χ0) is 35.3. The van der Waals surface area contributed by atoms with Gasteiger partial charge in [-0.1, -0.05) is 42.3 Å². The highest BCUT2D eigenvalue weighted by molar-refractivity contribution is 5.94. The van der Waals surface area contributed by atoms with E-state index in [-0.39, 0.29) is 39.0 Å². The standard InChI is InChI=1S/C37H41FN4O7/c1-5-15-41-22-25(27-21-26(38)12-13-30(27)41)20-29-34(44)42-16-14-31(32(42)35(45)46)48-17-7-6-9-23-10-8-11-24(18-23)19-28(33(43)39-29)40-36(47)49-37(2,3)4/h1,6-8,10-13,18,21-22,28-29,31-32H,9,14-17,19-20H2,2-4H3,(H,39,43)(H,40,47)(H,45,46)/b7-6+/t28-,29-,31?,32-/m0/s1. The van der Waals surface area contributed by atoms with E-state index in [4.69, 9.17) is 15.9 Å². The maximum absolute atomic E-state index is 14.5. The van der Waals surface area contributed by atoms with Crippen LogP contribution in [0.4, 0.5) is 9.18 Å². The molecule has 3 N–H and O–H groups in total. The van der Waals surface area contributed by atoms with Crippen LogP contribution < -0.4 is 10.6 Å². The number of carboxylic acids is 1. The smallest absolute Gasteiger partial charge is 0.408 e. The van der Waals surface area contributed by atoms with Crippen LogP contribution in [0.1, 0.15) is 43.9 Å². The van der Waals surface area contributed by atoms with Crippen LogP contribution in [0.3, 0.4) is 0 Å². The van der Waals surface area contributed by atoms with Crippen LogP contribution in [-0.4, -0.2) is 81.4 Å². The van der Waals surface area contributed by atoms with E-state index in [9.17, 15) is 28.7 Å². The summed E-state index contributed by atoms with van der Waals surface area (Å²) in [6.45, 7) is 5.50. The van der Waals surface area contributed by atoms with Gasteiger partial charge in [-0.2, -0.15) is 0 Å². The molecule has 49 heavy (non-hydrogen) atoms. The van der Waals surface area contributed by atoms with Crippen molar-refractivity contribution in [1.29, 1.82) is 0 Å². The number of halogens is 1. The molecule has 0 aliphatic carbocycles. The lowest BCUT2D eigenvalue weighted by molar-refractivity contribution is -0.153. The first-order chi connectivity index (χ1) is 23.3. The second-order valence-electron chi connectivity index (χ2n) is 13.3. The number of aromatic nitrogens is 1. The first-order valence-corrected chi connectivity index (χ1v) is 16.2. The first-order valence-electron chi connectivity index (χ1n) is 16.2. The van der Waals surface area contributed by atoms with E-state index < -0.39 is 59.5 Å². The molecule has 5 rings (SSSR count). The van der Waals surface area contributed by atoms with E-state index in [0.717, 1.165) is 11.1 Å². The van der Waals surface area contributed by atoms with E-state index in [2.05, 4.69) is 16.6 Å². The van der Waals surface area contributed by atoms with Gasteiger partial charge in [0.2, 0.25) is 11.8 Å². The molecule has 2 aliphatic heterocycles. The summed E-state index contributed by atoms with van der Waals surface area (Å²) in [7, 11) is 0. The predicted octanol–water partition coefficient (Wildman–Crippen LogP) is 3.76. The Hall–Kier alpha value is -5.15. The number of alkyl carbamates (subject to hydrolysis) is 1. The Kier molecular flexibility index (Phi) is 10.7. The summed E-state index contributed by atoms with van der Waals surface area (Å²) in [5.74, 6) is -0.512. The molecule has 2 aliphatic rings. The molecule has 11 nitrogen and oxygen atoms in total. The van der Waals surface area contributed by atoms with Crippen molar-refractivity contribution in [2.75, 3.05) is 13.2 Å². The largest absolute Gasteiger partial charge is 0.480 e. The Balaban J connectivity index is 1.57. The van der Waals surface area contributed by atoms with Crippen molar-refractivity contribution < 1.29 is 38.1 Å². The average Bonchev–Trinajstić information content (AvgIpc) is 3.60. The van der Waals surface area contributed by atoms with E-state index in [1.54, 1.807) is 43.7 Å². The van der Waals surface area contributed by atoms with Gasteiger partial charge in [-0.05, 0) is 68.5 Å². The van der Waals surface area contributed by atoms with Gasteiger partial charge in [-0.3, -0.25) is 9.59 Å². The molecule has 12 heteroatoms. The molecule has 1 saturated heterocycles. The molecule has 4 atom stereocenters. The summed E-state index contributed by atoms with van der Waals surface area (Å²) in [6.07, 6.45) is 10.2. The normalized spacial score (nSPS) is 22.6. The topological polar surface area (TPSA) is 139 Å². The quantitative estimate of drug-likeness (QED) is 0.277. The number of rotatable bonds is 5. The van der Waals surface area contributed by atoms with Crippen molar-refractivity contribution in [3.8, 4) is 12.3 Å². The Morgan fingerprint density at radius 3 is 2.67 bits per heavy atom. The number of allylic oxidation sites excluding steroid dienone is 1. The number of hydrogen-bond donors (Lipinski definition) is 3. The molecule has 4 bridgehead atoms. The van der Waals surface area contributed by atoms with Gasteiger partial charge in [-0.25, -0.2) is 14.0 Å². The number of nitrogens with zero attached hydrogens (tertiary/aromatic N) is 2. The molecule has 1 fully saturated rings. The van der Waals surface area contributed by atoms with Crippen molar-refractivity contribution in [1.82, 2.24) is 20.1 Å². The van der Waals surface area contributed by atoms with Gasteiger partial charge in [0.05, 0.1) is 19.3 Å². The lowest BCUT2D eigenvalue weighted by Crippen LogP contribution is -2.58. The number of amides is 3. The summed E-state index contributed by atoms with van der Waals surface area (Å²) >= 11 is 0. The number of benzene rings is 2. The fourth-order valence-corrected chi connectivity index (χ4v) is 6.35. The number of ether oxygens (including phenoxy) is 2. The molecule has 3 aromatic rings. The minimum absolute atomic E-state index is 0.0723. The van der Waals surface area contributed by atoms with Crippen LogP contribution >= 0.6 is 0 Å². The summed E-state index contributed by atoms with van der Waals surface area (Å²) in [4.78, 5) is 55.2. The number of hydrogen-bond acceptors (Lipinski definition) is 6. The third-order valence-corrected chi connectivity index (χ3v) is 8.47. The van der Waals surface area contributed by atoms with Gasteiger partial charge in [-0.15, -0.1) is 6.42 Å². The SMILES string of the molecule is C#CCn1cc(C[C@@H]2NC(=O)[C@@H](NC(=O)OC(C)(C)C)Cc3cccc(c3)C/C=C/COC3CCN(C2=O)[C@@H]3C(=O)O)c2cc(F)ccc21. The maximum atomic E-state index is 14.5. The van der Waals surface area contributed by atoms with Gasteiger partial charge >= 0.3 is 12.1 Å². The monoisotopic (exact) mass is 672 g/mol. The first kappa shape index (κ1) is 35.2. The minimum Gasteiger partial charge on any atom is -0.480 e. The second-order valence-corrected chi connectivity index (χ2v) is 13.3. The van der Waals surface area contributed by atoms with E-state index in [1.165, 1.54) is 17.0 Å². The van der Waals surface area contributed by atoms with Crippen LogP contribution in [0.5, 0.6) is 0 Å². The lowest BCUT2D eigenvalue weighted by Gasteiger charge is -2.30. The minimum atomic E-state index is -1.30. The average molecular weight is 673 g/mol. The molecule has 0 spiro atoms. The Morgan fingerprint density at radius 1 is 1.16 bits per heavy atom. The fourth-order valence-electron chi connectivity index (χ4n) is 6.35. The fraction of sp³-hybridized carbons (Fsp3) is 0.405. The zero-order valence-electron chi connectivity index (χ0n) is 27.8. The van der Waals surface area contributed by atoms with Crippen molar-refractivity contribution in [2.24, 2.45) is 0 Å². The number of carbonyl (C=O) groups is 4. The highest BCUT2D eigenvalue weighted by Gasteiger charge is 2.45. The molecular formula is C37H41FN4O7. The third-order valence-electron chi connectivity index (χ3n) is 8.47. The number of aliphatic carboxylic acids is 1. The van der Waals surface area contributed by atoms with E-state index in [1.807, 2.05) is 30.3 Å². The highest BCUT2D eigenvalue weighted by Crippen LogP contribution is 2.27. The van der Waals surface area contributed by atoms with Crippen LogP contribution in [0.15, 0.2) is 60.8 Å². The molecule has 3 amide bonds. The summed E-state index contributed by atoms with van der Waals surface area (Å²) in [5, 5.41) is 16.2. The summed E-state index contributed by atoms with van der Waals surface area (Å²) < 4.78 is 27.6. The van der Waals surface area contributed by atoms with Crippen LogP contribution in [-0.2, 0) is 49.7 Å². The van der Waals surface area contributed by atoms with Crippen molar-refractivity contribution in [3.05, 3.63) is 83.3 Å². The molecule has 1 unspecified atom stereocenters. The Bertz CT molecular complexity index is 1800. The number of carbonyl (C=O) groups excluding carboxylic acids is 3. The Morgan fingerprint density at radius 2 is 1.94 bits per heavy atom. The van der Waals surface area contributed by atoms with Crippen molar-refractivity contribution >= 4 is 34.8 Å². The molecule has 3 heterocycles. The van der Waals surface area contributed by atoms with Gasteiger partial charge < -0.3 is 34.7 Å². The molecule has 0 saturated carbocycles. The van der Waals surface area contributed by atoms with Gasteiger partial charge in [0.1, 0.15) is 23.5 Å². The van der Waals surface area contributed by atoms with E-state index in [0.29, 0.717) is 22.9 Å². The molecule has 1 aromatic heterocycles. The van der Waals surface area contributed by atoms with Gasteiger partial charge in [0, 0.05) is 36.5 Å². The lowest BCUT2D eigenvalue weighted by atomic mass is 10.00. The third kappa shape index (κ3) is 8.66. The summed E-state index contributed by atoms with van der Waals surface area (Å²) in [5.41, 5.74) is 2.01. The van der Waals surface area contributed by atoms with Gasteiger partial charge in [0.15, 0.2) is 6.04 Å². The number of nitrogens with one attached hydrogen (secondary N) is 2. The predicted molar refractivity (Wildman–Crippen MR) is 180 cm³/mol. The Labute approximate surface area is 284 Å². The van der Waals surface area contributed by atoms with E-state index >= 15 is 0 Å².